The fourth-order valence-corrected chi connectivity index (χ4v) is 3.64. The summed E-state index contributed by atoms with van der Waals surface area (Å²) in [4.78, 5) is 5.93. The first-order valence-electron chi connectivity index (χ1n) is 7.45. The first-order valence-corrected chi connectivity index (χ1v) is 9.33. The summed E-state index contributed by atoms with van der Waals surface area (Å²) >= 11 is 6.17. The second kappa shape index (κ2) is 5.98. The lowest BCUT2D eigenvalue weighted by molar-refractivity contribution is 0.602. The minimum Gasteiger partial charge on any atom is -0.305 e. The van der Waals surface area contributed by atoms with Crippen molar-refractivity contribution in [3.8, 4) is 11.3 Å². The molecule has 124 valence electrons. The lowest BCUT2D eigenvalue weighted by atomic mass is 9.99. The topological polar surface area (TPSA) is 62.6 Å². The van der Waals surface area contributed by atoms with Gasteiger partial charge in [0.05, 0.1) is 16.1 Å². The van der Waals surface area contributed by atoms with E-state index in [1.165, 1.54) is 6.20 Å². The first kappa shape index (κ1) is 15.8. The third-order valence-corrected chi connectivity index (χ3v) is 4.89. The van der Waals surface area contributed by atoms with Crippen LogP contribution < -0.4 is 0 Å². The summed E-state index contributed by atoms with van der Waals surface area (Å²) < 4.78 is 27.5. The molecular weight excluding hydrogens is 358 g/mol. The van der Waals surface area contributed by atoms with Gasteiger partial charge in [-0.05, 0) is 23.8 Å². The monoisotopic (exact) mass is 369 g/mol. The number of fused-ring (bicyclic) bond motifs is 1. The van der Waals surface area contributed by atoms with E-state index in [0.717, 1.165) is 22.2 Å². The molecule has 3 heterocycles. The van der Waals surface area contributed by atoms with Crippen LogP contribution in [0.4, 0.5) is 0 Å². The Bertz CT molecular complexity index is 1050. The van der Waals surface area contributed by atoms with Crippen molar-refractivity contribution in [1.29, 1.82) is 0 Å². The fraction of sp³-hybridized carbons (Fsp3) is 0. The van der Waals surface area contributed by atoms with Gasteiger partial charge in [-0.25, -0.2) is 0 Å². The van der Waals surface area contributed by atoms with E-state index in [9.17, 15) is 8.42 Å². The van der Waals surface area contributed by atoms with E-state index in [-0.39, 0.29) is 0 Å². The molecule has 5 nitrogen and oxygen atoms in total. The summed E-state index contributed by atoms with van der Waals surface area (Å²) in [5.74, 6) is 0.331. The van der Waals surface area contributed by atoms with Gasteiger partial charge in [-0.2, -0.15) is 8.42 Å². The summed E-state index contributed by atoms with van der Waals surface area (Å²) in [5, 5.41) is 1.54. The van der Waals surface area contributed by atoms with Gasteiger partial charge in [0.15, 0.2) is 5.84 Å². The number of pyridine rings is 1. The molecule has 0 aliphatic carbocycles. The molecule has 0 fully saturated rings. The number of halogens is 1. The van der Waals surface area contributed by atoms with Gasteiger partial charge < -0.3 is 4.90 Å². The van der Waals surface area contributed by atoms with Crippen molar-refractivity contribution in [2.45, 2.75) is 0 Å². The molecule has 0 unspecified atom stereocenters. The zero-order valence-electron chi connectivity index (χ0n) is 12.9. The van der Waals surface area contributed by atoms with Crippen LogP contribution in [0.15, 0.2) is 82.0 Å². The van der Waals surface area contributed by atoms with Gasteiger partial charge in [0.1, 0.15) is 0 Å². The maximum atomic E-state index is 11.8. The van der Waals surface area contributed by atoms with Crippen LogP contribution in [0.2, 0.25) is 0 Å². The molecule has 2 aromatic rings. The molecule has 0 saturated heterocycles. The van der Waals surface area contributed by atoms with Crippen molar-refractivity contribution < 1.29 is 8.42 Å². The van der Waals surface area contributed by atoms with Crippen LogP contribution in [0.3, 0.4) is 0 Å². The number of rotatable bonds is 2. The molecule has 2 aliphatic rings. The Morgan fingerprint density at radius 3 is 2.48 bits per heavy atom. The Morgan fingerprint density at radius 2 is 1.76 bits per heavy atom. The smallest absolute Gasteiger partial charge is 0.278 e. The quantitative estimate of drug-likeness (QED) is 0.809. The summed E-state index contributed by atoms with van der Waals surface area (Å²) in [6.45, 7) is 0. The van der Waals surface area contributed by atoms with Crippen molar-refractivity contribution >= 4 is 33.0 Å². The van der Waals surface area contributed by atoms with Gasteiger partial charge in [-0.15, -0.1) is 4.40 Å². The van der Waals surface area contributed by atoms with Gasteiger partial charge >= 0.3 is 0 Å². The molecule has 2 aliphatic heterocycles. The number of allylic oxidation sites excluding steroid dienone is 2. The standard InChI is InChI=1S/C18H12ClN3O2S/c19-15-11-16(18-21-25(23,24)10-9-22(18)12-15)13-4-6-14(7-5-13)17-3-1-2-8-20-17/h1-12H. The highest BCUT2D eigenvalue weighted by atomic mass is 35.5. The molecular formula is C18H12ClN3O2S. The normalized spacial score (nSPS) is 18.1. The van der Waals surface area contributed by atoms with E-state index in [0.29, 0.717) is 16.4 Å². The summed E-state index contributed by atoms with van der Waals surface area (Å²) in [6, 6.07) is 13.4. The highest BCUT2D eigenvalue weighted by Gasteiger charge is 2.25. The maximum Gasteiger partial charge on any atom is 0.278 e. The van der Waals surface area contributed by atoms with E-state index < -0.39 is 10.0 Å². The molecule has 0 bridgehead atoms. The van der Waals surface area contributed by atoms with Crippen molar-refractivity contribution in [2.75, 3.05) is 0 Å². The third-order valence-electron chi connectivity index (χ3n) is 3.79. The number of hydrogen-bond acceptors (Lipinski definition) is 4. The third kappa shape index (κ3) is 3.14. The summed E-state index contributed by atoms with van der Waals surface area (Å²) in [5.41, 5.74) is 3.30. The second-order valence-corrected chi connectivity index (χ2v) is 7.41. The molecule has 0 N–H and O–H groups in total. The molecule has 4 rings (SSSR count). The average molecular weight is 370 g/mol. The van der Waals surface area contributed by atoms with E-state index in [1.807, 2.05) is 42.5 Å². The summed E-state index contributed by atoms with van der Waals surface area (Å²) in [6.07, 6.45) is 6.51. The van der Waals surface area contributed by atoms with Crippen LogP contribution in [-0.2, 0) is 10.0 Å². The zero-order chi connectivity index (χ0) is 17.4. The van der Waals surface area contributed by atoms with Crippen LogP contribution >= 0.6 is 11.6 Å². The summed E-state index contributed by atoms with van der Waals surface area (Å²) in [7, 11) is -3.62. The number of amidine groups is 1. The van der Waals surface area contributed by atoms with Crippen LogP contribution in [0.1, 0.15) is 5.56 Å². The Morgan fingerprint density at radius 1 is 1.00 bits per heavy atom. The van der Waals surface area contributed by atoms with Crippen LogP contribution in [-0.4, -0.2) is 24.1 Å². The lowest BCUT2D eigenvalue weighted by Crippen LogP contribution is -2.28. The predicted octanol–water partition coefficient (Wildman–Crippen LogP) is 3.74. The van der Waals surface area contributed by atoms with Gasteiger partial charge in [0.25, 0.3) is 10.0 Å². The molecule has 25 heavy (non-hydrogen) atoms. The number of hydrogen-bond donors (Lipinski definition) is 0. The number of sulfonamides is 1. The number of aromatic nitrogens is 1. The van der Waals surface area contributed by atoms with E-state index in [2.05, 4.69) is 9.38 Å². The lowest BCUT2D eigenvalue weighted by Gasteiger charge is -2.26. The maximum absolute atomic E-state index is 11.8. The zero-order valence-corrected chi connectivity index (χ0v) is 14.4. The van der Waals surface area contributed by atoms with Gasteiger partial charge in [0, 0.05) is 29.7 Å². The predicted molar refractivity (Wildman–Crippen MR) is 98.9 cm³/mol. The largest absolute Gasteiger partial charge is 0.305 e. The Hall–Kier alpha value is -2.70. The minimum atomic E-state index is -3.62. The van der Waals surface area contributed by atoms with E-state index >= 15 is 0 Å². The Balaban J connectivity index is 1.76. The van der Waals surface area contributed by atoms with Crippen molar-refractivity contribution in [1.82, 2.24) is 9.88 Å². The molecule has 1 aromatic carbocycles. The molecule has 0 radical (unpaired) electrons. The highest BCUT2D eigenvalue weighted by molar-refractivity contribution is 7.93. The van der Waals surface area contributed by atoms with Crippen molar-refractivity contribution in [3.05, 3.63) is 83.1 Å². The highest BCUT2D eigenvalue weighted by Crippen LogP contribution is 2.30. The van der Waals surface area contributed by atoms with Gasteiger partial charge in [-0.3, -0.25) is 4.98 Å². The molecule has 0 atom stereocenters. The van der Waals surface area contributed by atoms with E-state index in [4.69, 9.17) is 11.6 Å². The molecule has 0 saturated carbocycles. The van der Waals surface area contributed by atoms with Crippen molar-refractivity contribution in [3.63, 3.8) is 0 Å². The van der Waals surface area contributed by atoms with Crippen LogP contribution in [0.25, 0.3) is 16.8 Å². The second-order valence-electron chi connectivity index (χ2n) is 5.49. The Labute approximate surface area is 150 Å². The van der Waals surface area contributed by atoms with Gasteiger partial charge in [0.2, 0.25) is 0 Å². The van der Waals surface area contributed by atoms with E-state index in [1.54, 1.807) is 23.4 Å². The molecule has 0 amide bonds. The number of nitrogens with zero attached hydrogens (tertiary/aromatic N) is 3. The van der Waals surface area contributed by atoms with Crippen LogP contribution in [0, 0.1) is 0 Å². The molecule has 7 heteroatoms. The fourth-order valence-electron chi connectivity index (χ4n) is 2.64. The average Bonchev–Trinajstić information content (AvgIpc) is 2.62. The van der Waals surface area contributed by atoms with Crippen LogP contribution in [0.5, 0.6) is 0 Å². The first-order chi connectivity index (χ1) is 12.0. The molecule has 0 spiro atoms. The van der Waals surface area contributed by atoms with Gasteiger partial charge in [-0.1, -0.05) is 41.9 Å². The number of benzene rings is 1. The Kier molecular flexibility index (Phi) is 3.78. The SMILES string of the molecule is O=S1(=O)C=CN2C=C(Cl)C=C(c3ccc(-c4ccccn4)cc3)C2=N1. The van der Waals surface area contributed by atoms with Crippen molar-refractivity contribution in [2.24, 2.45) is 4.40 Å². The minimum absolute atomic E-state index is 0.331. The molecule has 1 aromatic heterocycles.